The predicted molar refractivity (Wildman–Crippen MR) is 132 cm³/mol. The summed E-state index contributed by atoms with van der Waals surface area (Å²) >= 11 is 0. The molecule has 2 heterocycles. The Morgan fingerprint density at radius 1 is 0.806 bits per heavy atom. The van der Waals surface area contributed by atoms with Crippen LogP contribution in [0.3, 0.4) is 0 Å². The van der Waals surface area contributed by atoms with Crippen molar-refractivity contribution in [3.63, 3.8) is 0 Å². The van der Waals surface area contributed by atoms with E-state index in [1.807, 2.05) is 24.5 Å². The SMILES string of the molecule is CC(C)(C)c1cc(C(C)(C)C)c(B2Oc3ccccc3-c3nccn32)c(C(C)(C)C)c1. The highest BCUT2D eigenvalue weighted by molar-refractivity contribution is 6.68. The lowest BCUT2D eigenvalue weighted by Crippen LogP contribution is -2.52. The maximum atomic E-state index is 6.72. The van der Waals surface area contributed by atoms with Crippen LogP contribution >= 0.6 is 0 Å². The summed E-state index contributed by atoms with van der Waals surface area (Å²) in [6.45, 7) is 20.7. The summed E-state index contributed by atoms with van der Waals surface area (Å²) in [6.07, 6.45) is 3.93. The summed E-state index contributed by atoms with van der Waals surface area (Å²) in [7, 11) is -0.245. The van der Waals surface area contributed by atoms with Crippen molar-refractivity contribution in [2.45, 2.75) is 78.6 Å². The lowest BCUT2D eigenvalue weighted by molar-refractivity contribution is 0.535. The molecule has 1 aliphatic rings. The van der Waals surface area contributed by atoms with Gasteiger partial charge in [0.05, 0.1) is 5.56 Å². The number of hydrogen-bond donors (Lipinski definition) is 0. The number of hydrogen-bond acceptors (Lipinski definition) is 2. The molecular weight excluding hydrogens is 379 g/mol. The molecule has 0 bridgehead atoms. The Morgan fingerprint density at radius 2 is 1.39 bits per heavy atom. The number of para-hydroxylation sites is 1. The third kappa shape index (κ3) is 3.82. The van der Waals surface area contributed by atoms with Crippen LogP contribution in [0.25, 0.3) is 11.4 Å². The standard InChI is InChI=1S/C27H35BN2O/c1-25(2,3)18-16-20(26(4,5)6)23(21(17-18)27(7,8)9)28-30-15-14-29-24(30)19-12-10-11-13-22(19)31-28/h10-17H,1-9H3. The van der Waals surface area contributed by atoms with Crippen LogP contribution in [-0.4, -0.2) is 16.5 Å². The Bertz CT molecular complexity index is 1090. The lowest BCUT2D eigenvalue weighted by atomic mass is 9.59. The van der Waals surface area contributed by atoms with Gasteiger partial charge < -0.3 is 9.13 Å². The van der Waals surface area contributed by atoms with E-state index in [0.717, 1.165) is 17.1 Å². The molecule has 0 amide bonds. The van der Waals surface area contributed by atoms with Gasteiger partial charge >= 0.3 is 7.05 Å². The molecule has 162 valence electrons. The summed E-state index contributed by atoms with van der Waals surface area (Å²) in [5.74, 6) is 1.86. The quantitative estimate of drug-likeness (QED) is 0.452. The van der Waals surface area contributed by atoms with E-state index in [2.05, 4.69) is 91.1 Å². The minimum absolute atomic E-state index is 0.0301. The van der Waals surface area contributed by atoms with Crippen LogP contribution in [0, 0.1) is 0 Å². The molecule has 4 heteroatoms. The molecular formula is C27H35BN2O. The lowest BCUT2D eigenvalue weighted by Gasteiger charge is -2.36. The molecule has 0 aliphatic carbocycles. The van der Waals surface area contributed by atoms with E-state index in [9.17, 15) is 0 Å². The van der Waals surface area contributed by atoms with Gasteiger partial charge in [0.25, 0.3) is 0 Å². The van der Waals surface area contributed by atoms with Crippen molar-refractivity contribution < 1.29 is 4.65 Å². The first-order chi connectivity index (χ1) is 14.3. The highest BCUT2D eigenvalue weighted by atomic mass is 16.4. The highest BCUT2D eigenvalue weighted by Gasteiger charge is 2.41. The van der Waals surface area contributed by atoms with Crippen LogP contribution in [-0.2, 0) is 16.2 Å². The van der Waals surface area contributed by atoms with Gasteiger partial charge in [-0.2, -0.15) is 0 Å². The maximum Gasteiger partial charge on any atom is 0.525 e. The molecule has 4 rings (SSSR count). The number of nitrogens with zero attached hydrogens (tertiary/aromatic N) is 2. The van der Waals surface area contributed by atoms with Gasteiger partial charge in [-0.15, -0.1) is 0 Å². The highest BCUT2D eigenvalue weighted by Crippen LogP contribution is 2.37. The number of imidazole rings is 1. The normalized spacial score (nSPS) is 14.2. The largest absolute Gasteiger partial charge is 0.537 e. The fourth-order valence-corrected chi connectivity index (χ4v) is 4.43. The topological polar surface area (TPSA) is 27.1 Å². The molecule has 0 saturated carbocycles. The minimum Gasteiger partial charge on any atom is -0.537 e. The van der Waals surface area contributed by atoms with Gasteiger partial charge in [0.15, 0.2) is 0 Å². The summed E-state index contributed by atoms with van der Waals surface area (Å²) in [4.78, 5) is 4.70. The Morgan fingerprint density at radius 3 is 1.94 bits per heavy atom. The third-order valence-electron chi connectivity index (χ3n) is 6.20. The molecule has 0 radical (unpaired) electrons. The first-order valence-corrected chi connectivity index (χ1v) is 11.3. The van der Waals surface area contributed by atoms with Crippen molar-refractivity contribution in [2.75, 3.05) is 0 Å². The third-order valence-corrected chi connectivity index (χ3v) is 6.20. The second kappa shape index (κ2) is 7.01. The summed E-state index contributed by atoms with van der Waals surface area (Å²) in [5.41, 5.74) is 6.37. The Labute approximate surface area is 188 Å². The molecule has 0 fully saturated rings. The fourth-order valence-electron chi connectivity index (χ4n) is 4.43. The van der Waals surface area contributed by atoms with Gasteiger partial charge in [0.1, 0.15) is 11.6 Å². The van der Waals surface area contributed by atoms with Crippen molar-refractivity contribution in [1.82, 2.24) is 9.46 Å². The zero-order chi connectivity index (χ0) is 22.8. The van der Waals surface area contributed by atoms with Crippen LogP contribution in [0.4, 0.5) is 0 Å². The number of aromatic nitrogens is 2. The van der Waals surface area contributed by atoms with Crippen LogP contribution in [0.2, 0.25) is 0 Å². The van der Waals surface area contributed by atoms with Crippen LogP contribution in [0.1, 0.15) is 79.0 Å². The zero-order valence-corrected chi connectivity index (χ0v) is 20.5. The fraction of sp³-hybridized carbons (Fsp3) is 0.444. The molecule has 2 aromatic carbocycles. The van der Waals surface area contributed by atoms with Crippen molar-refractivity contribution in [3.05, 3.63) is 65.5 Å². The van der Waals surface area contributed by atoms with Gasteiger partial charge in [-0.25, -0.2) is 4.98 Å². The Balaban J connectivity index is 2.05. The number of rotatable bonds is 1. The maximum absolute atomic E-state index is 6.72. The summed E-state index contributed by atoms with van der Waals surface area (Å²) in [6, 6.07) is 13.0. The molecule has 31 heavy (non-hydrogen) atoms. The average Bonchev–Trinajstić information content (AvgIpc) is 3.14. The van der Waals surface area contributed by atoms with Gasteiger partial charge in [-0.3, -0.25) is 0 Å². The first-order valence-electron chi connectivity index (χ1n) is 11.3. The van der Waals surface area contributed by atoms with Crippen LogP contribution in [0.5, 0.6) is 5.75 Å². The molecule has 0 spiro atoms. The minimum atomic E-state index is -0.245. The second-order valence-corrected chi connectivity index (χ2v) is 11.9. The zero-order valence-electron chi connectivity index (χ0n) is 20.5. The molecule has 3 aromatic rings. The summed E-state index contributed by atoms with van der Waals surface area (Å²) in [5, 5.41) is 0. The van der Waals surface area contributed by atoms with Crippen molar-refractivity contribution >= 4 is 12.5 Å². The second-order valence-electron chi connectivity index (χ2n) is 11.9. The van der Waals surface area contributed by atoms with Crippen LogP contribution < -0.4 is 10.1 Å². The number of fused-ring (bicyclic) bond motifs is 3. The van der Waals surface area contributed by atoms with Gasteiger partial charge in [0.2, 0.25) is 0 Å². The molecule has 3 nitrogen and oxygen atoms in total. The molecule has 0 unspecified atom stereocenters. The Hall–Kier alpha value is -2.49. The van der Waals surface area contributed by atoms with Crippen molar-refractivity contribution in [2.24, 2.45) is 0 Å². The predicted octanol–water partition coefficient (Wildman–Crippen LogP) is 6.08. The van der Waals surface area contributed by atoms with E-state index in [1.165, 1.54) is 22.2 Å². The monoisotopic (exact) mass is 414 g/mol. The van der Waals surface area contributed by atoms with Crippen LogP contribution in [0.15, 0.2) is 48.8 Å². The van der Waals surface area contributed by atoms with Gasteiger partial charge in [-0.1, -0.05) is 86.6 Å². The summed E-state index contributed by atoms with van der Waals surface area (Å²) < 4.78 is 8.92. The average molecular weight is 414 g/mol. The van der Waals surface area contributed by atoms with E-state index in [4.69, 9.17) is 9.64 Å². The first kappa shape index (κ1) is 21.7. The van der Waals surface area contributed by atoms with E-state index in [-0.39, 0.29) is 23.3 Å². The number of benzene rings is 2. The van der Waals surface area contributed by atoms with Gasteiger partial charge in [-0.05, 0) is 50.5 Å². The van der Waals surface area contributed by atoms with E-state index >= 15 is 0 Å². The van der Waals surface area contributed by atoms with Gasteiger partial charge in [0, 0.05) is 12.4 Å². The van der Waals surface area contributed by atoms with Crippen molar-refractivity contribution in [3.8, 4) is 17.1 Å². The molecule has 0 N–H and O–H groups in total. The van der Waals surface area contributed by atoms with E-state index in [1.54, 1.807) is 0 Å². The van der Waals surface area contributed by atoms with Crippen molar-refractivity contribution in [1.29, 1.82) is 0 Å². The molecule has 1 aliphatic heterocycles. The van der Waals surface area contributed by atoms with E-state index in [0.29, 0.717) is 0 Å². The Kier molecular flexibility index (Phi) is 4.92. The van der Waals surface area contributed by atoms with E-state index < -0.39 is 0 Å². The smallest absolute Gasteiger partial charge is 0.525 e. The molecule has 0 saturated heterocycles. The molecule has 0 atom stereocenters. The molecule has 1 aromatic heterocycles.